The summed E-state index contributed by atoms with van der Waals surface area (Å²) in [6.07, 6.45) is -3.87. The van der Waals surface area contributed by atoms with Crippen molar-refractivity contribution < 1.29 is 22.6 Å². The van der Waals surface area contributed by atoms with Crippen LogP contribution in [-0.4, -0.2) is 25.5 Å². The third kappa shape index (κ3) is 5.72. The molecule has 10 heteroatoms. The van der Waals surface area contributed by atoms with E-state index in [1.54, 1.807) is 17.4 Å². The lowest BCUT2D eigenvalue weighted by atomic mass is 9.93. The van der Waals surface area contributed by atoms with E-state index in [2.05, 4.69) is 15.0 Å². The van der Waals surface area contributed by atoms with Crippen molar-refractivity contribution in [2.75, 3.05) is 18.5 Å². The molecule has 1 aromatic heterocycles. The molecule has 1 unspecified atom stereocenters. The van der Waals surface area contributed by atoms with Gasteiger partial charge in [0.2, 0.25) is 0 Å². The number of halogens is 4. The minimum Gasteiger partial charge on any atom is -0.406 e. The highest BCUT2D eigenvalue weighted by molar-refractivity contribution is 14.0. The molecule has 0 amide bonds. The fraction of sp³-hybridized carbons (Fsp3) is 0.353. The van der Waals surface area contributed by atoms with Crippen molar-refractivity contribution in [1.82, 2.24) is 0 Å². The highest BCUT2D eigenvalue weighted by Gasteiger charge is 2.34. The number of aliphatic imine (C=N–C) groups is 1. The van der Waals surface area contributed by atoms with Gasteiger partial charge in [-0.05, 0) is 36.1 Å². The summed E-state index contributed by atoms with van der Waals surface area (Å²) in [5.41, 5.74) is 6.76. The molecular weight excluding hydrogens is 494 g/mol. The molecular formula is C17H19F3IN3O2S. The van der Waals surface area contributed by atoms with Gasteiger partial charge in [0.1, 0.15) is 11.4 Å². The Morgan fingerprint density at radius 2 is 2.19 bits per heavy atom. The first-order valence-electron chi connectivity index (χ1n) is 7.89. The zero-order chi connectivity index (χ0) is 18.8. The molecule has 0 radical (unpaired) electrons. The summed E-state index contributed by atoms with van der Waals surface area (Å²) in [5.74, 6) is -0.248. The summed E-state index contributed by atoms with van der Waals surface area (Å²) >= 11 is 1.69. The molecule has 0 saturated heterocycles. The summed E-state index contributed by atoms with van der Waals surface area (Å²) in [6, 6.07) is 7.43. The van der Waals surface area contributed by atoms with Gasteiger partial charge in [-0.25, -0.2) is 4.99 Å². The van der Waals surface area contributed by atoms with Crippen LogP contribution in [0, 0.1) is 0 Å². The maximum atomic E-state index is 12.3. The van der Waals surface area contributed by atoms with Crippen molar-refractivity contribution in [1.29, 1.82) is 0 Å². The van der Waals surface area contributed by atoms with E-state index in [9.17, 15) is 13.2 Å². The number of thiophene rings is 1. The van der Waals surface area contributed by atoms with Gasteiger partial charge in [0.25, 0.3) is 0 Å². The van der Waals surface area contributed by atoms with Crippen molar-refractivity contribution >= 4 is 47.0 Å². The fourth-order valence-electron chi connectivity index (χ4n) is 2.78. The van der Waals surface area contributed by atoms with E-state index in [0.717, 1.165) is 12.0 Å². The third-order valence-electron chi connectivity index (χ3n) is 3.96. The van der Waals surface area contributed by atoms with E-state index in [-0.39, 0.29) is 35.7 Å². The second-order valence-electron chi connectivity index (χ2n) is 5.99. The molecule has 1 aliphatic rings. The Morgan fingerprint density at radius 3 is 2.93 bits per heavy atom. The van der Waals surface area contributed by atoms with E-state index < -0.39 is 12.0 Å². The highest BCUT2D eigenvalue weighted by atomic mass is 127. The first kappa shape index (κ1) is 21.8. The molecule has 2 aromatic rings. The lowest BCUT2D eigenvalue weighted by molar-refractivity contribution is -0.274. The average molecular weight is 513 g/mol. The molecule has 0 spiro atoms. The molecule has 3 N–H and O–H groups in total. The van der Waals surface area contributed by atoms with Gasteiger partial charge >= 0.3 is 6.36 Å². The van der Waals surface area contributed by atoms with Gasteiger partial charge < -0.3 is 20.5 Å². The van der Waals surface area contributed by atoms with Crippen LogP contribution in [0.4, 0.5) is 18.9 Å². The number of ether oxygens (including phenoxy) is 2. The van der Waals surface area contributed by atoms with Gasteiger partial charge in [-0.3, -0.25) is 0 Å². The van der Waals surface area contributed by atoms with Crippen molar-refractivity contribution in [3.05, 3.63) is 46.2 Å². The largest absolute Gasteiger partial charge is 0.573 e. The Bertz CT molecular complexity index is 813. The topological polar surface area (TPSA) is 68.9 Å². The second-order valence-corrected chi connectivity index (χ2v) is 6.99. The van der Waals surface area contributed by atoms with Crippen molar-refractivity contribution in [2.24, 2.45) is 10.7 Å². The molecule has 0 bridgehead atoms. The van der Waals surface area contributed by atoms with Gasteiger partial charge in [-0.2, -0.15) is 0 Å². The van der Waals surface area contributed by atoms with Crippen LogP contribution in [0.15, 0.2) is 40.7 Å². The van der Waals surface area contributed by atoms with Crippen LogP contribution in [0.2, 0.25) is 0 Å². The summed E-state index contributed by atoms with van der Waals surface area (Å²) in [4.78, 5) is 5.57. The Labute approximate surface area is 175 Å². The summed E-state index contributed by atoms with van der Waals surface area (Å²) in [6.45, 7) is 2.87. The zero-order valence-corrected chi connectivity index (χ0v) is 17.5. The van der Waals surface area contributed by atoms with E-state index in [1.807, 2.05) is 18.4 Å². The molecule has 5 nitrogen and oxygen atoms in total. The van der Waals surface area contributed by atoms with Gasteiger partial charge in [-0.1, -0.05) is 6.07 Å². The van der Waals surface area contributed by atoms with E-state index in [1.165, 1.54) is 23.1 Å². The number of alkyl halides is 3. The van der Waals surface area contributed by atoms with Gasteiger partial charge in [0.15, 0.2) is 5.96 Å². The van der Waals surface area contributed by atoms with Gasteiger partial charge in [0.05, 0.1) is 13.2 Å². The van der Waals surface area contributed by atoms with Crippen molar-refractivity contribution in [2.45, 2.75) is 25.3 Å². The first-order valence-corrected chi connectivity index (χ1v) is 8.77. The van der Waals surface area contributed by atoms with Crippen LogP contribution in [0.5, 0.6) is 5.75 Å². The molecule has 2 heterocycles. The number of nitrogens with zero attached hydrogens (tertiary/aromatic N) is 1. The van der Waals surface area contributed by atoms with Crippen LogP contribution >= 0.6 is 35.3 Å². The Morgan fingerprint density at radius 1 is 1.41 bits per heavy atom. The van der Waals surface area contributed by atoms with Crippen LogP contribution in [0.3, 0.4) is 0 Å². The predicted molar refractivity (Wildman–Crippen MR) is 110 cm³/mol. The number of hydrogen-bond acceptors (Lipinski definition) is 4. The minimum atomic E-state index is -4.75. The average Bonchev–Trinajstić information content (AvgIpc) is 3.02. The molecule has 1 aliphatic heterocycles. The fourth-order valence-corrected chi connectivity index (χ4v) is 3.76. The third-order valence-corrected chi connectivity index (χ3v) is 4.94. The molecule has 1 aromatic carbocycles. The molecule has 0 saturated carbocycles. The molecule has 27 heavy (non-hydrogen) atoms. The number of hydrogen-bond donors (Lipinski definition) is 2. The summed E-state index contributed by atoms with van der Waals surface area (Å²) in [7, 11) is 0. The SMILES string of the molecule is CC1(CN=C(N)Nc2cccc(OC(F)(F)F)c2)OCCc2sccc21.I. The van der Waals surface area contributed by atoms with E-state index >= 15 is 0 Å². The maximum Gasteiger partial charge on any atom is 0.573 e. The Kier molecular flexibility index (Phi) is 6.98. The van der Waals surface area contributed by atoms with Crippen LogP contribution in [0.1, 0.15) is 17.4 Å². The predicted octanol–water partition coefficient (Wildman–Crippen LogP) is 4.48. The number of nitrogens with two attached hydrogens (primary N) is 1. The molecule has 0 fully saturated rings. The normalized spacial score (nSPS) is 19.8. The maximum absolute atomic E-state index is 12.3. The standard InChI is InChI=1S/C17H18F3N3O2S.HI/c1-16(13-6-8-26-14(13)5-7-24-16)10-22-15(21)23-11-3-2-4-12(9-11)25-17(18,19)20;/h2-4,6,8-9H,5,7,10H2,1H3,(H3,21,22,23);1H. The van der Waals surface area contributed by atoms with Gasteiger partial charge in [-0.15, -0.1) is 48.5 Å². The van der Waals surface area contributed by atoms with Crippen molar-refractivity contribution in [3.8, 4) is 5.75 Å². The Hall–Kier alpha value is -1.53. The van der Waals surface area contributed by atoms with Gasteiger partial charge in [0, 0.05) is 23.1 Å². The number of rotatable bonds is 4. The quantitative estimate of drug-likeness (QED) is 0.360. The van der Waals surface area contributed by atoms with Crippen LogP contribution in [0.25, 0.3) is 0 Å². The number of nitrogens with one attached hydrogen (secondary N) is 1. The lowest BCUT2D eigenvalue weighted by Crippen LogP contribution is -2.36. The van der Waals surface area contributed by atoms with Crippen LogP contribution < -0.4 is 15.8 Å². The highest BCUT2D eigenvalue weighted by Crippen LogP contribution is 2.36. The first-order chi connectivity index (χ1) is 12.3. The smallest absolute Gasteiger partial charge is 0.406 e. The monoisotopic (exact) mass is 513 g/mol. The molecule has 0 aliphatic carbocycles. The molecule has 3 rings (SSSR count). The summed E-state index contributed by atoms with van der Waals surface area (Å²) in [5, 5.41) is 4.79. The summed E-state index contributed by atoms with van der Waals surface area (Å²) < 4.78 is 46.7. The number of benzene rings is 1. The number of guanidine groups is 1. The van der Waals surface area contributed by atoms with E-state index in [0.29, 0.717) is 18.8 Å². The van der Waals surface area contributed by atoms with Crippen LogP contribution in [-0.2, 0) is 16.8 Å². The Balaban J connectivity index is 0.00000261. The second kappa shape index (κ2) is 8.65. The zero-order valence-electron chi connectivity index (χ0n) is 14.4. The molecule has 1 atom stereocenters. The van der Waals surface area contributed by atoms with Crippen molar-refractivity contribution in [3.63, 3.8) is 0 Å². The number of anilines is 1. The lowest BCUT2D eigenvalue weighted by Gasteiger charge is -2.33. The number of fused-ring (bicyclic) bond motifs is 1. The van der Waals surface area contributed by atoms with E-state index in [4.69, 9.17) is 10.5 Å². The molecule has 148 valence electrons. The minimum absolute atomic E-state index is 0.